The van der Waals surface area contributed by atoms with E-state index in [1.165, 1.54) is 26.4 Å². The fourth-order valence-corrected chi connectivity index (χ4v) is 1.86. The smallest absolute Gasteiger partial charge is 0.270 e. The molecule has 1 amide bonds. The zero-order valence-corrected chi connectivity index (χ0v) is 11.9. The molecule has 1 rings (SSSR count). The van der Waals surface area contributed by atoms with E-state index in [1.807, 2.05) is 0 Å². The lowest BCUT2D eigenvalue weighted by molar-refractivity contribution is -0.384. The first-order chi connectivity index (χ1) is 9.38. The Hall–Kier alpha value is -1.99. The highest BCUT2D eigenvalue weighted by molar-refractivity contribution is 5.95. The molecule has 0 bridgehead atoms. The molecule has 0 radical (unpaired) electrons. The Kier molecular flexibility index (Phi) is 5.60. The maximum atomic E-state index is 12.1. The number of benzene rings is 1. The summed E-state index contributed by atoms with van der Waals surface area (Å²) in [5, 5.41) is 13.5. The van der Waals surface area contributed by atoms with Crippen molar-refractivity contribution >= 4 is 11.6 Å². The number of nitrogens with one attached hydrogen (secondary N) is 1. The summed E-state index contributed by atoms with van der Waals surface area (Å²) in [6, 6.07) is 3.85. The fourth-order valence-electron chi connectivity index (χ4n) is 1.86. The Morgan fingerprint density at radius 1 is 1.30 bits per heavy atom. The van der Waals surface area contributed by atoms with E-state index in [0.29, 0.717) is 5.56 Å². The number of methoxy groups -OCH3 is 2. The van der Waals surface area contributed by atoms with Crippen molar-refractivity contribution in [2.75, 3.05) is 14.2 Å². The first-order valence-electron chi connectivity index (χ1n) is 6.01. The van der Waals surface area contributed by atoms with Crippen molar-refractivity contribution in [2.24, 2.45) is 0 Å². The molecule has 0 fully saturated rings. The van der Waals surface area contributed by atoms with Gasteiger partial charge in [0.1, 0.15) is 0 Å². The van der Waals surface area contributed by atoms with Gasteiger partial charge in [-0.1, -0.05) is 0 Å². The minimum Gasteiger partial charge on any atom is -0.354 e. The van der Waals surface area contributed by atoms with Crippen molar-refractivity contribution in [3.05, 3.63) is 39.4 Å². The number of carbonyl (C=O) groups excluding carboxylic acids is 1. The molecule has 1 atom stereocenters. The highest BCUT2D eigenvalue weighted by atomic mass is 16.7. The zero-order chi connectivity index (χ0) is 15.3. The standard InChI is InChI=1S/C13H18N2O5/c1-8-5-10(7-11(6-8)15(17)18)12(16)14-9(2)13(19-3)20-4/h5-7,9,13H,1-4H3,(H,14,16). The summed E-state index contributed by atoms with van der Waals surface area (Å²) in [5.74, 6) is -0.414. The maximum absolute atomic E-state index is 12.1. The molecule has 7 nitrogen and oxygen atoms in total. The Morgan fingerprint density at radius 2 is 1.90 bits per heavy atom. The van der Waals surface area contributed by atoms with E-state index in [1.54, 1.807) is 19.9 Å². The van der Waals surface area contributed by atoms with Crippen molar-refractivity contribution in [3.8, 4) is 0 Å². The molecule has 0 aromatic heterocycles. The normalized spacial score (nSPS) is 12.2. The highest BCUT2D eigenvalue weighted by Crippen LogP contribution is 2.17. The van der Waals surface area contributed by atoms with Crippen LogP contribution in [0.5, 0.6) is 0 Å². The number of ether oxygens (including phenoxy) is 2. The Labute approximate surface area is 117 Å². The fraction of sp³-hybridized carbons (Fsp3) is 0.462. The topological polar surface area (TPSA) is 90.7 Å². The first kappa shape index (κ1) is 16.1. The van der Waals surface area contributed by atoms with Crippen LogP contribution in [-0.4, -0.2) is 37.4 Å². The predicted octanol–water partition coefficient (Wildman–Crippen LogP) is 1.64. The van der Waals surface area contributed by atoms with Gasteiger partial charge in [0.15, 0.2) is 6.29 Å². The van der Waals surface area contributed by atoms with Gasteiger partial charge >= 0.3 is 0 Å². The largest absolute Gasteiger partial charge is 0.354 e. The number of nitro groups is 1. The van der Waals surface area contributed by atoms with Gasteiger partial charge in [-0.05, 0) is 25.5 Å². The summed E-state index contributed by atoms with van der Waals surface area (Å²) in [5.41, 5.74) is 0.763. The van der Waals surface area contributed by atoms with Gasteiger partial charge in [-0.15, -0.1) is 0 Å². The number of amides is 1. The van der Waals surface area contributed by atoms with Crippen LogP contribution in [0.2, 0.25) is 0 Å². The number of nitrogens with zero attached hydrogens (tertiary/aromatic N) is 1. The molecule has 0 saturated carbocycles. The molecular formula is C13H18N2O5. The molecule has 1 unspecified atom stereocenters. The lowest BCUT2D eigenvalue weighted by atomic mass is 10.1. The quantitative estimate of drug-likeness (QED) is 0.486. The van der Waals surface area contributed by atoms with E-state index in [2.05, 4.69) is 5.32 Å². The van der Waals surface area contributed by atoms with Crippen molar-refractivity contribution in [1.82, 2.24) is 5.32 Å². The number of aryl methyl sites for hydroxylation is 1. The predicted molar refractivity (Wildman–Crippen MR) is 72.6 cm³/mol. The van der Waals surface area contributed by atoms with Crippen LogP contribution in [0, 0.1) is 17.0 Å². The highest BCUT2D eigenvalue weighted by Gasteiger charge is 2.20. The number of nitro benzene ring substituents is 1. The van der Waals surface area contributed by atoms with Crippen LogP contribution in [0.3, 0.4) is 0 Å². The van der Waals surface area contributed by atoms with E-state index in [-0.39, 0.29) is 11.3 Å². The Bertz CT molecular complexity index is 500. The minimum absolute atomic E-state index is 0.113. The maximum Gasteiger partial charge on any atom is 0.270 e. The van der Waals surface area contributed by atoms with Gasteiger partial charge < -0.3 is 14.8 Å². The van der Waals surface area contributed by atoms with Gasteiger partial charge in [0.2, 0.25) is 0 Å². The van der Waals surface area contributed by atoms with Gasteiger partial charge in [-0.25, -0.2) is 0 Å². The average Bonchev–Trinajstić information content (AvgIpc) is 2.39. The number of non-ortho nitro benzene ring substituents is 1. The van der Waals surface area contributed by atoms with Gasteiger partial charge in [0, 0.05) is 31.9 Å². The van der Waals surface area contributed by atoms with Crippen LogP contribution in [-0.2, 0) is 9.47 Å². The van der Waals surface area contributed by atoms with Gasteiger partial charge in [0.25, 0.3) is 11.6 Å². The van der Waals surface area contributed by atoms with Crippen molar-refractivity contribution < 1.29 is 19.2 Å². The van der Waals surface area contributed by atoms with Crippen LogP contribution >= 0.6 is 0 Å². The molecule has 0 aliphatic rings. The third-order valence-electron chi connectivity index (χ3n) is 2.77. The molecule has 0 heterocycles. The lowest BCUT2D eigenvalue weighted by Crippen LogP contribution is -2.42. The molecule has 0 aliphatic heterocycles. The molecule has 0 spiro atoms. The molecule has 0 aliphatic carbocycles. The summed E-state index contributed by atoms with van der Waals surface area (Å²) in [6.45, 7) is 3.42. The molecule has 20 heavy (non-hydrogen) atoms. The Balaban J connectivity index is 2.90. The second-order valence-electron chi connectivity index (χ2n) is 4.42. The molecule has 1 aromatic carbocycles. The van der Waals surface area contributed by atoms with Crippen LogP contribution in [0.4, 0.5) is 5.69 Å². The number of hydrogen-bond donors (Lipinski definition) is 1. The van der Waals surface area contributed by atoms with E-state index >= 15 is 0 Å². The van der Waals surface area contributed by atoms with E-state index in [0.717, 1.165) is 0 Å². The van der Waals surface area contributed by atoms with Crippen LogP contribution < -0.4 is 5.32 Å². The SMILES string of the molecule is COC(OC)C(C)NC(=O)c1cc(C)cc([N+](=O)[O-])c1. The monoisotopic (exact) mass is 282 g/mol. The van der Waals surface area contributed by atoms with E-state index in [4.69, 9.17) is 9.47 Å². The van der Waals surface area contributed by atoms with E-state index < -0.39 is 23.2 Å². The summed E-state index contributed by atoms with van der Waals surface area (Å²) in [7, 11) is 2.93. The van der Waals surface area contributed by atoms with E-state index in [9.17, 15) is 14.9 Å². The van der Waals surface area contributed by atoms with Crippen LogP contribution in [0.25, 0.3) is 0 Å². The zero-order valence-electron chi connectivity index (χ0n) is 11.9. The molecule has 0 saturated heterocycles. The second-order valence-corrected chi connectivity index (χ2v) is 4.42. The first-order valence-corrected chi connectivity index (χ1v) is 6.01. The van der Waals surface area contributed by atoms with Gasteiger partial charge in [-0.2, -0.15) is 0 Å². The van der Waals surface area contributed by atoms with Gasteiger partial charge in [-0.3, -0.25) is 14.9 Å². The summed E-state index contributed by atoms with van der Waals surface area (Å²) in [4.78, 5) is 22.3. The van der Waals surface area contributed by atoms with Crippen molar-refractivity contribution in [3.63, 3.8) is 0 Å². The summed E-state index contributed by atoms with van der Waals surface area (Å²) < 4.78 is 10.1. The number of hydrogen-bond acceptors (Lipinski definition) is 5. The van der Waals surface area contributed by atoms with Crippen LogP contribution in [0.1, 0.15) is 22.8 Å². The molecule has 7 heteroatoms. The molecule has 1 aromatic rings. The summed E-state index contributed by atoms with van der Waals surface area (Å²) in [6.07, 6.45) is -0.584. The average molecular weight is 282 g/mol. The van der Waals surface area contributed by atoms with Gasteiger partial charge in [0.05, 0.1) is 11.0 Å². The third-order valence-corrected chi connectivity index (χ3v) is 2.77. The third kappa shape index (κ3) is 4.01. The lowest BCUT2D eigenvalue weighted by Gasteiger charge is -2.22. The molecule has 110 valence electrons. The number of carbonyl (C=O) groups is 1. The Morgan fingerprint density at radius 3 is 2.40 bits per heavy atom. The minimum atomic E-state index is -0.584. The second kappa shape index (κ2) is 6.97. The molecular weight excluding hydrogens is 264 g/mol. The van der Waals surface area contributed by atoms with Crippen molar-refractivity contribution in [1.29, 1.82) is 0 Å². The summed E-state index contributed by atoms with van der Waals surface area (Å²) >= 11 is 0. The van der Waals surface area contributed by atoms with Crippen molar-refractivity contribution in [2.45, 2.75) is 26.2 Å². The number of rotatable bonds is 6. The molecule has 1 N–H and O–H groups in total. The van der Waals surface area contributed by atoms with Crippen LogP contribution in [0.15, 0.2) is 18.2 Å².